The predicted octanol–water partition coefficient (Wildman–Crippen LogP) is 3.11. The molecule has 0 aliphatic carbocycles. The number of Topliss-reactive ketones (excluding diaryl/α,β-unsaturated/α-hetero) is 1. The highest BCUT2D eigenvalue weighted by atomic mass is 16.2. The van der Waals surface area contributed by atoms with Crippen molar-refractivity contribution < 1.29 is 14.4 Å². The minimum absolute atomic E-state index is 0.00857. The monoisotopic (exact) mass is 358 g/mol. The molecule has 0 aromatic heterocycles. The standard InChI is InChI=1S/C21H30N2O3/c1-15-5-7-16(8-6-15)18(24)9-10-19(25)22-17-11-13-23(14-12-17)20(26)21(2,3)4/h5-8,17H,9-14H2,1-4H3,(H,22,25). The van der Waals surface area contributed by atoms with Crippen molar-refractivity contribution in [2.24, 2.45) is 5.41 Å². The molecule has 0 spiro atoms. The van der Waals surface area contributed by atoms with Crippen molar-refractivity contribution in [3.05, 3.63) is 35.4 Å². The van der Waals surface area contributed by atoms with Crippen LogP contribution in [0, 0.1) is 12.3 Å². The lowest BCUT2D eigenvalue weighted by Crippen LogP contribution is -2.49. The number of rotatable bonds is 5. The smallest absolute Gasteiger partial charge is 0.227 e. The lowest BCUT2D eigenvalue weighted by Gasteiger charge is -2.36. The van der Waals surface area contributed by atoms with Gasteiger partial charge < -0.3 is 10.2 Å². The van der Waals surface area contributed by atoms with E-state index in [4.69, 9.17) is 0 Å². The topological polar surface area (TPSA) is 66.5 Å². The highest BCUT2D eigenvalue weighted by molar-refractivity contribution is 5.98. The number of aryl methyl sites for hydroxylation is 1. The molecule has 2 amide bonds. The number of nitrogens with one attached hydrogen (secondary N) is 1. The average molecular weight is 358 g/mol. The second-order valence-corrected chi connectivity index (χ2v) is 8.17. The Balaban J connectivity index is 1.73. The summed E-state index contributed by atoms with van der Waals surface area (Å²) in [5.41, 5.74) is 1.39. The molecule has 1 aliphatic heterocycles. The molecule has 1 N–H and O–H groups in total. The Morgan fingerprint density at radius 3 is 2.15 bits per heavy atom. The van der Waals surface area contributed by atoms with E-state index in [1.807, 2.05) is 44.7 Å². The SMILES string of the molecule is Cc1ccc(C(=O)CCC(=O)NC2CCN(C(=O)C(C)(C)C)CC2)cc1. The van der Waals surface area contributed by atoms with E-state index in [-0.39, 0.29) is 41.9 Å². The Bertz CT molecular complexity index is 651. The first-order valence-corrected chi connectivity index (χ1v) is 9.35. The highest BCUT2D eigenvalue weighted by Gasteiger charge is 2.30. The third kappa shape index (κ3) is 5.68. The van der Waals surface area contributed by atoms with Gasteiger partial charge in [-0.1, -0.05) is 50.6 Å². The quantitative estimate of drug-likeness (QED) is 0.823. The molecule has 0 saturated carbocycles. The van der Waals surface area contributed by atoms with Crippen molar-refractivity contribution in [1.82, 2.24) is 10.2 Å². The van der Waals surface area contributed by atoms with Gasteiger partial charge in [0.25, 0.3) is 0 Å². The number of benzene rings is 1. The molecule has 5 nitrogen and oxygen atoms in total. The number of carbonyl (C=O) groups excluding carboxylic acids is 3. The maximum Gasteiger partial charge on any atom is 0.227 e. The van der Waals surface area contributed by atoms with Crippen LogP contribution in [0.15, 0.2) is 24.3 Å². The maximum atomic E-state index is 12.3. The second-order valence-electron chi connectivity index (χ2n) is 8.17. The third-order valence-corrected chi connectivity index (χ3v) is 4.74. The second kappa shape index (κ2) is 8.47. The number of ketones is 1. The van der Waals surface area contributed by atoms with Gasteiger partial charge in [-0.25, -0.2) is 0 Å². The molecule has 0 unspecified atom stereocenters. The summed E-state index contributed by atoms with van der Waals surface area (Å²) in [5.74, 6) is 0.0581. The minimum Gasteiger partial charge on any atom is -0.353 e. The number of piperidine rings is 1. The molecule has 26 heavy (non-hydrogen) atoms. The molecule has 0 bridgehead atoms. The molecule has 5 heteroatoms. The van der Waals surface area contributed by atoms with Gasteiger partial charge in [0.15, 0.2) is 5.78 Å². The van der Waals surface area contributed by atoms with Gasteiger partial charge in [0.1, 0.15) is 0 Å². The molecule has 1 aromatic carbocycles. The molecule has 1 saturated heterocycles. The Kier molecular flexibility index (Phi) is 6.57. The summed E-state index contributed by atoms with van der Waals surface area (Å²) in [4.78, 5) is 38.4. The Morgan fingerprint density at radius 2 is 1.62 bits per heavy atom. The number of nitrogens with zero attached hydrogens (tertiary/aromatic N) is 1. The Hall–Kier alpha value is -2.17. The van der Waals surface area contributed by atoms with Crippen molar-refractivity contribution in [3.63, 3.8) is 0 Å². The van der Waals surface area contributed by atoms with Crippen LogP contribution in [0.1, 0.15) is 62.4 Å². The third-order valence-electron chi connectivity index (χ3n) is 4.74. The highest BCUT2D eigenvalue weighted by Crippen LogP contribution is 2.21. The van der Waals surface area contributed by atoms with Gasteiger partial charge in [-0.15, -0.1) is 0 Å². The summed E-state index contributed by atoms with van der Waals surface area (Å²) in [5, 5.41) is 3.00. The van der Waals surface area contributed by atoms with E-state index in [9.17, 15) is 14.4 Å². The fourth-order valence-corrected chi connectivity index (χ4v) is 3.11. The zero-order chi connectivity index (χ0) is 19.3. The molecule has 1 aliphatic rings. The Morgan fingerprint density at radius 1 is 1.04 bits per heavy atom. The summed E-state index contributed by atoms with van der Waals surface area (Å²) in [6, 6.07) is 7.50. The summed E-state index contributed by atoms with van der Waals surface area (Å²) >= 11 is 0. The van der Waals surface area contributed by atoms with Crippen LogP contribution in [0.2, 0.25) is 0 Å². The zero-order valence-electron chi connectivity index (χ0n) is 16.3. The molecular formula is C21H30N2O3. The number of amides is 2. The summed E-state index contributed by atoms with van der Waals surface area (Å²) < 4.78 is 0. The Labute approximate surface area is 156 Å². The van der Waals surface area contributed by atoms with Gasteiger partial charge in [0.05, 0.1) is 0 Å². The van der Waals surface area contributed by atoms with E-state index >= 15 is 0 Å². The number of hydrogen-bond acceptors (Lipinski definition) is 3. The summed E-state index contributed by atoms with van der Waals surface area (Å²) in [6.07, 6.45) is 1.95. The molecule has 1 heterocycles. The van der Waals surface area contributed by atoms with Crippen molar-refractivity contribution in [3.8, 4) is 0 Å². The first-order chi connectivity index (χ1) is 12.2. The van der Waals surface area contributed by atoms with Gasteiger partial charge in [-0.2, -0.15) is 0 Å². The van der Waals surface area contributed by atoms with Gasteiger partial charge in [0, 0.05) is 43.0 Å². The van der Waals surface area contributed by atoms with Gasteiger partial charge >= 0.3 is 0 Å². The molecule has 1 fully saturated rings. The largest absolute Gasteiger partial charge is 0.353 e. The van der Waals surface area contributed by atoms with Crippen molar-refractivity contribution in [1.29, 1.82) is 0 Å². The van der Waals surface area contributed by atoms with E-state index < -0.39 is 0 Å². The average Bonchev–Trinajstić information content (AvgIpc) is 2.59. The lowest BCUT2D eigenvalue weighted by molar-refractivity contribution is -0.140. The van der Waals surface area contributed by atoms with E-state index in [1.165, 1.54) is 0 Å². The molecule has 1 aromatic rings. The number of carbonyl (C=O) groups is 3. The van der Waals surface area contributed by atoms with Crippen molar-refractivity contribution >= 4 is 17.6 Å². The lowest BCUT2D eigenvalue weighted by atomic mass is 9.93. The molecule has 2 rings (SSSR count). The van der Waals surface area contributed by atoms with E-state index in [0.717, 1.165) is 18.4 Å². The zero-order valence-corrected chi connectivity index (χ0v) is 16.3. The first-order valence-electron chi connectivity index (χ1n) is 9.35. The van der Waals surface area contributed by atoms with E-state index in [2.05, 4.69) is 5.32 Å². The van der Waals surface area contributed by atoms with Crippen LogP contribution >= 0.6 is 0 Å². The van der Waals surface area contributed by atoms with Crippen LogP contribution in [0.25, 0.3) is 0 Å². The predicted molar refractivity (Wildman–Crippen MR) is 102 cm³/mol. The maximum absolute atomic E-state index is 12.3. The number of likely N-dealkylation sites (tertiary alicyclic amines) is 1. The fraction of sp³-hybridized carbons (Fsp3) is 0.571. The van der Waals surface area contributed by atoms with E-state index in [1.54, 1.807) is 12.1 Å². The number of hydrogen-bond donors (Lipinski definition) is 1. The van der Waals surface area contributed by atoms with Crippen LogP contribution in [0.3, 0.4) is 0 Å². The van der Waals surface area contributed by atoms with Crippen LogP contribution < -0.4 is 5.32 Å². The minimum atomic E-state index is -0.369. The summed E-state index contributed by atoms with van der Waals surface area (Å²) in [7, 11) is 0. The van der Waals surface area contributed by atoms with Gasteiger partial charge in [-0.3, -0.25) is 14.4 Å². The molecular weight excluding hydrogens is 328 g/mol. The van der Waals surface area contributed by atoms with Crippen LogP contribution in [0.5, 0.6) is 0 Å². The fourth-order valence-electron chi connectivity index (χ4n) is 3.11. The molecule has 0 atom stereocenters. The van der Waals surface area contributed by atoms with Crippen molar-refractivity contribution in [2.75, 3.05) is 13.1 Å². The van der Waals surface area contributed by atoms with Crippen molar-refractivity contribution in [2.45, 2.75) is 59.4 Å². The molecule has 0 radical (unpaired) electrons. The van der Waals surface area contributed by atoms with Crippen LogP contribution in [-0.2, 0) is 9.59 Å². The van der Waals surface area contributed by atoms with E-state index in [0.29, 0.717) is 18.7 Å². The summed E-state index contributed by atoms with van der Waals surface area (Å²) in [6.45, 7) is 9.09. The first kappa shape index (κ1) is 20.1. The van der Waals surface area contributed by atoms with Crippen LogP contribution in [0.4, 0.5) is 0 Å². The van der Waals surface area contributed by atoms with Gasteiger partial charge in [-0.05, 0) is 19.8 Å². The molecule has 142 valence electrons. The van der Waals surface area contributed by atoms with Crippen LogP contribution in [-0.4, -0.2) is 41.6 Å². The normalized spacial score (nSPS) is 15.6. The van der Waals surface area contributed by atoms with Gasteiger partial charge in [0.2, 0.25) is 11.8 Å².